The number of methoxy groups -OCH3 is 1. The lowest BCUT2D eigenvalue weighted by molar-refractivity contribution is -0.139. The van der Waals surface area contributed by atoms with Crippen LogP contribution < -0.4 is 9.96 Å². The van der Waals surface area contributed by atoms with E-state index < -0.39 is 29.8 Å². The van der Waals surface area contributed by atoms with Crippen LogP contribution in [0, 0.1) is 11.7 Å². The average molecular weight is 460 g/mol. The number of ether oxygens (including phenoxy) is 1. The van der Waals surface area contributed by atoms with Gasteiger partial charge in [0.25, 0.3) is 5.91 Å². The van der Waals surface area contributed by atoms with Crippen LogP contribution in [0.15, 0.2) is 78.9 Å². The van der Waals surface area contributed by atoms with Crippen molar-refractivity contribution in [1.82, 2.24) is 0 Å². The Kier molecular flexibility index (Phi) is 5.59. The van der Waals surface area contributed by atoms with E-state index in [1.165, 1.54) is 24.3 Å². The molecule has 3 aromatic rings. The van der Waals surface area contributed by atoms with E-state index in [0.717, 1.165) is 10.5 Å². The molecule has 2 saturated heterocycles. The van der Waals surface area contributed by atoms with Crippen LogP contribution in [-0.2, 0) is 30.4 Å². The predicted molar refractivity (Wildman–Crippen MR) is 121 cm³/mol. The van der Waals surface area contributed by atoms with Crippen LogP contribution in [-0.4, -0.2) is 31.0 Å². The molecule has 3 aromatic carbocycles. The molecule has 0 aromatic heterocycles. The largest absolute Gasteiger partial charge is 0.469 e. The molecular weight excluding hydrogens is 439 g/mol. The molecule has 0 aliphatic carbocycles. The molecule has 2 aliphatic rings. The highest BCUT2D eigenvalue weighted by Crippen LogP contribution is 2.47. The molecule has 0 bridgehead atoms. The molecule has 5 rings (SSSR count). The third-order valence-corrected chi connectivity index (χ3v) is 6.11. The van der Waals surface area contributed by atoms with E-state index in [1.807, 2.05) is 30.3 Å². The van der Waals surface area contributed by atoms with Crippen LogP contribution in [0.3, 0.4) is 0 Å². The van der Waals surface area contributed by atoms with Gasteiger partial charge in [-0.2, -0.15) is 0 Å². The standard InChI is InChI=1S/C26H21FN2O5/c1-33-21(30)15-16-7-11-19(12-8-16)28-25(31)22-23(17-5-3-2-4-6-17)29(34-24(22)26(28)32)20-13-9-18(27)10-14-20/h2-14,22-24H,15H2,1H3/t22-,23-,24+/m1/s1. The summed E-state index contributed by atoms with van der Waals surface area (Å²) >= 11 is 0. The van der Waals surface area contributed by atoms with Crippen LogP contribution in [0.25, 0.3) is 0 Å². The Labute approximate surface area is 195 Å². The number of halogens is 1. The van der Waals surface area contributed by atoms with Crippen molar-refractivity contribution in [2.24, 2.45) is 5.92 Å². The highest BCUT2D eigenvalue weighted by Gasteiger charge is 2.60. The molecule has 172 valence electrons. The highest BCUT2D eigenvalue weighted by atomic mass is 19.1. The summed E-state index contributed by atoms with van der Waals surface area (Å²) in [7, 11) is 1.31. The molecule has 0 saturated carbocycles. The highest BCUT2D eigenvalue weighted by molar-refractivity contribution is 6.23. The van der Waals surface area contributed by atoms with Gasteiger partial charge in [0.05, 0.1) is 30.9 Å². The SMILES string of the molecule is COC(=O)Cc1ccc(N2C(=O)[C@H]3[C@H](ON(c4ccc(F)cc4)[C@@H]3c3ccccc3)C2=O)cc1. The molecule has 2 heterocycles. The number of imide groups is 1. The Hall–Kier alpha value is -4.04. The van der Waals surface area contributed by atoms with Crippen LogP contribution in [0.4, 0.5) is 15.8 Å². The maximum atomic E-state index is 13.6. The maximum absolute atomic E-state index is 13.6. The molecule has 2 aliphatic heterocycles. The summed E-state index contributed by atoms with van der Waals surface area (Å²) in [5.41, 5.74) is 2.46. The minimum atomic E-state index is -1.02. The summed E-state index contributed by atoms with van der Waals surface area (Å²) in [5, 5.41) is 1.52. The lowest BCUT2D eigenvalue weighted by Crippen LogP contribution is -2.37. The number of esters is 1. The van der Waals surface area contributed by atoms with Gasteiger partial charge in [-0.1, -0.05) is 42.5 Å². The van der Waals surface area contributed by atoms with Crippen molar-refractivity contribution < 1.29 is 28.3 Å². The van der Waals surface area contributed by atoms with E-state index in [-0.39, 0.29) is 18.3 Å². The van der Waals surface area contributed by atoms with Crippen molar-refractivity contribution >= 4 is 29.2 Å². The Bertz CT molecular complexity index is 1230. The number of anilines is 2. The Morgan fingerprint density at radius 2 is 1.56 bits per heavy atom. The fourth-order valence-electron chi connectivity index (χ4n) is 4.47. The number of benzene rings is 3. The second-order valence-electron chi connectivity index (χ2n) is 8.14. The van der Waals surface area contributed by atoms with Crippen LogP contribution in [0.5, 0.6) is 0 Å². The molecule has 2 fully saturated rings. The first-order valence-electron chi connectivity index (χ1n) is 10.8. The van der Waals surface area contributed by atoms with E-state index in [1.54, 1.807) is 36.4 Å². The third-order valence-electron chi connectivity index (χ3n) is 6.11. The number of hydroxylamine groups is 1. The van der Waals surface area contributed by atoms with Gasteiger partial charge in [-0.25, -0.2) is 14.4 Å². The van der Waals surface area contributed by atoms with E-state index >= 15 is 0 Å². The van der Waals surface area contributed by atoms with E-state index in [2.05, 4.69) is 4.74 Å². The molecule has 0 radical (unpaired) electrons. The number of rotatable bonds is 5. The van der Waals surface area contributed by atoms with Gasteiger partial charge in [0.1, 0.15) is 11.7 Å². The van der Waals surface area contributed by atoms with E-state index in [0.29, 0.717) is 16.9 Å². The minimum absolute atomic E-state index is 0.0930. The zero-order valence-electron chi connectivity index (χ0n) is 18.3. The quantitative estimate of drug-likeness (QED) is 0.428. The topological polar surface area (TPSA) is 76.2 Å². The number of hydrogen-bond acceptors (Lipinski definition) is 6. The molecule has 0 spiro atoms. The first-order chi connectivity index (χ1) is 16.5. The van der Waals surface area contributed by atoms with Gasteiger partial charge in [-0.05, 0) is 47.5 Å². The molecule has 0 N–H and O–H groups in total. The number of carbonyl (C=O) groups is 3. The fourth-order valence-corrected chi connectivity index (χ4v) is 4.47. The zero-order valence-corrected chi connectivity index (χ0v) is 18.3. The Morgan fingerprint density at radius 3 is 2.21 bits per heavy atom. The van der Waals surface area contributed by atoms with E-state index in [9.17, 15) is 18.8 Å². The van der Waals surface area contributed by atoms with Crippen molar-refractivity contribution in [3.63, 3.8) is 0 Å². The van der Waals surface area contributed by atoms with Gasteiger partial charge >= 0.3 is 5.97 Å². The Balaban J connectivity index is 1.48. The molecule has 7 nitrogen and oxygen atoms in total. The lowest BCUT2D eigenvalue weighted by Gasteiger charge is -2.28. The maximum Gasteiger partial charge on any atom is 0.309 e. The zero-order chi connectivity index (χ0) is 23.8. The van der Waals surface area contributed by atoms with Gasteiger partial charge < -0.3 is 4.74 Å². The van der Waals surface area contributed by atoms with Crippen molar-refractivity contribution in [3.8, 4) is 0 Å². The molecule has 3 atom stereocenters. The van der Waals surface area contributed by atoms with Crippen molar-refractivity contribution in [3.05, 3.63) is 95.8 Å². The third kappa shape index (κ3) is 3.72. The van der Waals surface area contributed by atoms with Crippen LogP contribution in [0.2, 0.25) is 0 Å². The van der Waals surface area contributed by atoms with Crippen molar-refractivity contribution in [2.75, 3.05) is 17.1 Å². The number of amides is 2. The molecule has 34 heavy (non-hydrogen) atoms. The number of carbonyl (C=O) groups excluding carboxylic acids is 3. The summed E-state index contributed by atoms with van der Waals surface area (Å²) in [6.45, 7) is 0. The average Bonchev–Trinajstić information content (AvgIpc) is 3.36. The Morgan fingerprint density at radius 1 is 0.912 bits per heavy atom. The van der Waals surface area contributed by atoms with Gasteiger partial charge in [0, 0.05) is 0 Å². The first kappa shape index (κ1) is 21.8. The minimum Gasteiger partial charge on any atom is -0.469 e. The summed E-state index contributed by atoms with van der Waals surface area (Å²) in [6, 6.07) is 21.1. The molecule has 2 amide bonds. The number of nitrogens with zero attached hydrogens (tertiary/aromatic N) is 2. The summed E-state index contributed by atoms with van der Waals surface area (Å²) in [5.74, 6) is -2.41. The summed E-state index contributed by atoms with van der Waals surface area (Å²) < 4.78 is 18.2. The van der Waals surface area contributed by atoms with Gasteiger partial charge in [-0.3, -0.25) is 19.2 Å². The van der Waals surface area contributed by atoms with Crippen molar-refractivity contribution in [1.29, 1.82) is 0 Å². The smallest absolute Gasteiger partial charge is 0.309 e. The summed E-state index contributed by atoms with van der Waals surface area (Å²) in [4.78, 5) is 45.6. The lowest BCUT2D eigenvalue weighted by atomic mass is 9.90. The van der Waals surface area contributed by atoms with Crippen molar-refractivity contribution in [2.45, 2.75) is 18.6 Å². The van der Waals surface area contributed by atoms with E-state index in [4.69, 9.17) is 4.84 Å². The molecule has 8 heteroatoms. The number of fused-ring (bicyclic) bond motifs is 1. The number of hydrogen-bond donors (Lipinski definition) is 0. The normalized spacial score (nSPS) is 21.6. The van der Waals surface area contributed by atoms with Crippen LogP contribution in [0.1, 0.15) is 17.2 Å². The monoisotopic (exact) mass is 460 g/mol. The fraction of sp³-hybridized carbons (Fsp3) is 0.192. The summed E-state index contributed by atoms with van der Waals surface area (Å²) in [6.07, 6.45) is -0.923. The van der Waals surface area contributed by atoms with Gasteiger partial charge in [-0.15, -0.1) is 0 Å². The van der Waals surface area contributed by atoms with Gasteiger partial charge in [0.2, 0.25) is 5.91 Å². The second-order valence-corrected chi connectivity index (χ2v) is 8.14. The second kappa shape index (κ2) is 8.72. The van der Waals surface area contributed by atoms with Crippen LogP contribution >= 0.6 is 0 Å². The first-order valence-corrected chi connectivity index (χ1v) is 10.8. The molecule has 0 unspecified atom stereocenters. The van der Waals surface area contributed by atoms with Gasteiger partial charge in [0.15, 0.2) is 6.10 Å². The predicted octanol–water partition coefficient (Wildman–Crippen LogP) is 3.59. The molecular formula is C26H21FN2O5.